The van der Waals surface area contributed by atoms with Crippen molar-refractivity contribution in [2.45, 2.75) is 64.1 Å². The summed E-state index contributed by atoms with van der Waals surface area (Å²) in [5.41, 5.74) is 5.71. The van der Waals surface area contributed by atoms with Gasteiger partial charge in [0.1, 0.15) is 12.3 Å². The van der Waals surface area contributed by atoms with Gasteiger partial charge < -0.3 is 25.9 Å². The van der Waals surface area contributed by atoms with Gasteiger partial charge in [0.15, 0.2) is 0 Å². The van der Waals surface area contributed by atoms with Crippen LogP contribution in [0.15, 0.2) is 0 Å². The predicted octanol–water partition coefficient (Wildman–Crippen LogP) is -0.101. The number of nitrogens with zero attached hydrogens (tertiary/aromatic N) is 1. The van der Waals surface area contributed by atoms with E-state index in [0.717, 1.165) is 12.7 Å². The minimum absolute atomic E-state index is 0.00323. The number of carbonyl (C=O) groups is 4. The van der Waals surface area contributed by atoms with Gasteiger partial charge >= 0.3 is 5.97 Å². The quantitative estimate of drug-likeness (QED) is 0.502. The molecule has 1 rings (SSSR count). The fourth-order valence-corrected chi connectivity index (χ4v) is 2.74. The summed E-state index contributed by atoms with van der Waals surface area (Å²) < 4.78 is 0. The zero-order valence-electron chi connectivity index (χ0n) is 14.2. The van der Waals surface area contributed by atoms with Gasteiger partial charge in [-0.1, -0.05) is 20.3 Å². The molecule has 4 N–H and O–H groups in total. The molecule has 8 nitrogen and oxygen atoms in total. The van der Waals surface area contributed by atoms with Crippen LogP contribution in [0.2, 0.25) is 0 Å². The maximum atomic E-state index is 12.8. The van der Waals surface area contributed by atoms with Gasteiger partial charge in [0.05, 0.1) is 12.1 Å². The number of aliphatic carboxylic acids is 1. The van der Waals surface area contributed by atoms with Crippen LogP contribution in [0.4, 0.5) is 0 Å². The van der Waals surface area contributed by atoms with Crippen molar-refractivity contribution in [3.8, 4) is 0 Å². The molecule has 0 saturated carbocycles. The van der Waals surface area contributed by atoms with Crippen LogP contribution in [0, 0.1) is 5.92 Å². The zero-order valence-corrected chi connectivity index (χ0v) is 14.2. The summed E-state index contributed by atoms with van der Waals surface area (Å²) in [5, 5.41) is 11.3. The third-order valence-electron chi connectivity index (χ3n) is 4.52. The summed E-state index contributed by atoms with van der Waals surface area (Å²) in [6.45, 7) is 4.25. The Morgan fingerprint density at radius 1 is 1.42 bits per heavy atom. The highest BCUT2D eigenvalue weighted by Gasteiger charge is 2.36. The molecule has 1 aliphatic heterocycles. The van der Waals surface area contributed by atoms with E-state index in [1.807, 2.05) is 13.8 Å². The van der Waals surface area contributed by atoms with E-state index in [4.69, 9.17) is 10.8 Å². The first-order valence-electron chi connectivity index (χ1n) is 8.35. The highest BCUT2D eigenvalue weighted by Crippen LogP contribution is 2.20. The largest absolute Gasteiger partial charge is 0.481 e. The molecule has 1 aliphatic rings. The highest BCUT2D eigenvalue weighted by atomic mass is 16.4. The molecule has 0 spiro atoms. The molecule has 1 saturated heterocycles. The Hall–Kier alpha value is -1.96. The van der Waals surface area contributed by atoms with Crippen LogP contribution in [-0.2, 0) is 19.2 Å². The van der Waals surface area contributed by atoms with E-state index < -0.39 is 30.0 Å². The molecule has 1 fully saturated rings. The Balaban J connectivity index is 2.78. The molecule has 0 aliphatic carbocycles. The third kappa shape index (κ3) is 5.30. The molecule has 4 atom stereocenters. The first kappa shape index (κ1) is 20.1. The monoisotopic (exact) mass is 341 g/mol. The number of rotatable bonds is 9. The number of carbonyl (C=O) groups excluding carboxylic acids is 3. The van der Waals surface area contributed by atoms with Crippen LogP contribution >= 0.6 is 0 Å². The number of hydrogen-bond acceptors (Lipinski definition) is 5. The lowest BCUT2D eigenvalue weighted by Gasteiger charge is -2.30. The maximum Gasteiger partial charge on any atom is 0.303 e. The van der Waals surface area contributed by atoms with Crippen LogP contribution in [0.25, 0.3) is 0 Å². The molecule has 136 valence electrons. The second-order valence-corrected chi connectivity index (χ2v) is 6.29. The number of amides is 2. The summed E-state index contributed by atoms with van der Waals surface area (Å²) in [6.07, 6.45) is 2.61. The van der Waals surface area contributed by atoms with Crippen molar-refractivity contribution in [3.05, 3.63) is 0 Å². The summed E-state index contributed by atoms with van der Waals surface area (Å²) in [4.78, 5) is 48.1. The molecule has 1 heterocycles. The highest BCUT2D eigenvalue weighted by molar-refractivity contribution is 5.91. The van der Waals surface area contributed by atoms with Gasteiger partial charge in [0.25, 0.3) is 0 Å². The Morgan fingerprint density at radius 2 is 2.08 bits per heavy atom. The standard InChI is InChI=1S/C16H27N3O5/c1-3-10(2)14(16(24)19-8-4-5-11(19)9-20)18-15(23)12(17)6-7-13(21)22/h9-12,14H,3-8,17H2,1-2H3,(H,18,23)(H,21,22)/t10-,11-,12-,14-/m0/s1. The predicted molar refractivity (Wildman–Crippen MR) is 87.0 cm³/mol. The molecule has 0 aromatic carbocycles. The first-order chi connectivity index (χ1) is 11.3. The second kappa shape index (κ2) is 9.36. The van der Waals surface area contributed by atoms with Crippen molar-refractivity contribution in [1.29, 1.82) is 0 Å². The van der Waals surface area contributed by atoms with E-state index in [-0.39, 0.29) is 24.7 Å². The van der Waals surface area contributed by atoms with Crippen LogP contribution in [0.5, 0.6) is 0 Å². The van der Waals surface area contributed by atoms with Crippen molar-refractivity contribution in [2.24, 2.45) is 11.7 Å². The van der Waals surface area contributed by atoms with Crippen molar-refractivity contribution in [3.63, 3.8) is 0 Å². The molecule has 8 heteroatoms. The Morgan fingerprint density at radius 3 is 2.62 bits per heavy atom. The fourth-order valence-electron chi connectivity index (χ4n) is 2.74. The summed E-state index contributed by atoms with van der Waals surface area (Å²) >= 11 is 0. The molecule has 0 radical (unpaired) electrons. The molecule has 0 aromatic heterocycles. The number of aldehydes is 1. The van der Waals surface area contributed by atoms with E-state index in [0.29, 0.717) is 19.4 Å². The lowest BCUT2D eigenvalue weighted by atomic mass is 9.96. The van der Waals surface area contributed by atoms with Crippen molar-refractivity contribution in [2.75, 3.05) is 6.54 Å². The maximum absolute atomic E-state index is 12.8. The van der Waals surface area contributed by atoms with Gasteiger partial charge in [-0.25, -0.2) is 0 Å². The van der Waals surface area contributed by atoms with E-state index in [2.05, 4.69) is 5.32 Å². The lowest BCUT2D eigenvalue weighted by Crippen LogP contribution is -2.56. The van der Waals surface area contributed by atoms with Crippen molar-refractivity contribution < 1.29 is 24.3 Å². The fraction of sp³-hybridized carbons (Fsp3) is 0.750. The molecule has 0 bridgehead atoms. The van der Waals surface area contributed by atoms with Gasteiger partial charge in [-0.05, 0) is 25.2 Å². The van der Waals surface area contributed by atoms with Crippen LogP contribution in [0.3, 0.4) is 0 Å². The average molecular weight is 341 g/mol. The SMILES string of the molecule is CC[C@H](C)[C@H](NC(=O)[C@@H](N)CCC(=O)O)C(=O)N1CCC[C@H]1C=O. The summed E-state index contributed by atoms with van der Waals surface area (Å²) in [6, 6.07) is -2.19. The van der Waals surface area contributed by atoms with Crippen LogP contribution in [-0.4, -0.2) is 58.7 Å². The number of nitrogens with one attached hydrogen (secondary N) is 1. The summed E-state index contributed by atoms with van der Waals surface area (Å²) in [7, 11) is 0. The number of hydrogen-bond donors (Lipinski definition) is 3. The lowest BCUT2D eigenvalue weighted by molar-refractivity contribution is -0.140. The topological polar surface area (TPSA) is 130 Å². The zero-order chi connectivity index (χ0) is 18.3. The van der Waals surface area contributed by atoms with Gasteiger partial charge in [0.2, 0.25) is 11.8 Å². The molecular formula is C16H27N3O5. The molecule has 0 unspecified atom stereocenters. The van der Waals surface area contributed by atoms with E-state index in [1.54, 1.807) is 0 Å². The van der Waals surface area contributed by atoms with Gasteiger partial charge in [-0.15, -0.1) is 0 Å². The minimum Gasteiger partial charge on any atom is -0.481 e. The van der Waals surface area contributed by atoms with Crippen molar-refractivity contribution in [1.82, 2.24) is 10.2 Å². The molecular weight excluding hydrogens is 314 g/mol. The van der Waals surface area contributed by atoms with E-state index in [1.165, 1.54) is 4.90 Å². The molecule has 0 aromatic rings. The number of nitrogens with two attached hydrogens (primary N) is 1. The van der Waals surface area contributed by atoms with Gasteiger partial charge in [-0.3, -0.25) is 14.4 Å². The second-order valence-electron chi connectivity index (χ2n) is 6.29. The number of carboxylic acids is 1. The molecule has 2 amide bonds. The number of carboxylic acid groups (broad SMARTS) is 1. The molecule has 24 heavy (non-hydrogen) atoms. The van der Waals surface area contributed by atoms with Crippen LogP contribution in [0.1, 0.15) is 46.0 Å². The van der Waals surface area contributed by atoms with E-state index in [9.17, 15) is 19.2 Å². The van der Waals surface area contributed by atoms with E-state index >= 15 is 0 Å². The normalized spacial score (nSPS) is 21.0. The third-order valence-corrected chi connectivity index (χ3v) is 4.52. The Bertz CT molecular complexity index is 482. The Kier molecular flexibility index (Phi) is 7.84. The smallest absolute Gasteiger partial charge is 0.303 e. The number of likely N-dealkylation sites (tertiary alicyclic amines) is 1. The average Bonchev–Trinajstić information content (AvgIpc) is 3.04. The van der Waals surface area contributed by atoms with Crippen molar-refractivity contribution >= 4 is 24.1 Å². The first-order valence-corrected chi connectivity index (χ1v) is 8.35. The van der Waals surface area contributed by atoms with Gasteiger partial charge in [0, 0.05) is 13.0 Å². The Labute approximate surface area is 141 Å². The van der Waals surface area contributed by atoms with Crippen LogP contribution < -0.4 is 11.1 Å². The van der Waals surface area contributed by atoms with Gasteiger partial charge in [-0.2, -0.15) is 0 Å². The minimum atomic E-state index is -1.03. The summed E-state index contributed by atoms with van der Waals surface area (Å²) in [5.74, 6) is -1.98.